The molecule has 1 fully saturated rings. The number of carbonyl (C=O) groups excluding carboxylic acids is 6. The molecule has 0 spiro atoms. The number of nitrogens with zero attached hydrogens (tertiary/aromatic N) is 1. The minimum absolute atomic E-state index is 0.00822. The number of amides is 6. The van der Waals surface area contributed by atoms with Crippen LogP contribution in [0.25, 0.3) is 0 Å². The van der Waals surface area contributed by atoms with E-state index in [0.717, 1.165) is 41.8 Å². The number of carbonyl (C=O) groups is 6. The average Bonchev–Trinajstić information content (AvgIpc) is 3.21. The summed E-state index contributed by atoms with van der Waals surface area (Å²) in [5.74, 6) is -2.88. The number of ether oxygens (including phenoxy) is 1. The Balaban J connectivity index is 1.15. The van der Waals surface area contributed by atoms with E-state index in [9.17, 15) is 28.8 Å². The van der Waals surface area contributed by atoms with Gasteiger partial charge in [-0.2, -0.15) is 0 Å². The Kier molecular flexibility index (Phi) is 9.80. The summed E-state index contributed by atoms with van der Waals surface area (Å²) in [6, 6.07) is 10.8. The van der Waals surface area contributed by atoms with Gasteiger partial charge in [-0.3, -0.25) is 39.0 Å². The standard InChI is InChI=1S/C29H33N5O7/c30-16-18-7-5-8-19(15-18)32-23(35)11-3-1-2-4-14-31-25(37)17-41-22-10-6-9-20-26(22)29(40)34(28(20)39)21-12-13-24(36)33-27(21)38/h5-10,15,21H,1-4,11-14,16-17,30H2,(H,31,37)(H,32,35)(H,33,36,38). The van der Waals surface area contributed by atoms with Gasteiger partial charge in [0.15, 0.2) is 6.61 Å². The van der Waals surface area contributed by atoms with Crippen molar-refractivity contribution in [2.45, 2.75) is 57.5 Å². The molecule has 6 amide bonds. The molecule has 2 aromatic rings. The van der Waals surface area contributed by atoms with E-state index in [1.807, 2.05) is 24.3 Å². The molecule has 2 heterocycles. The van der Waals surface area contributed by atoms with Crippen molar-refractivity contribution < 1.29 is 33.5 Å². The van der Waals surface area contributed by atoms with Crippen LogP contribution in [0.15, 0.2) is 42.5 Å². The number of piperidine rings is 1. The van der Waals surface area contributed by atoms with Crippen molar-refractivity contribution in [2.24, 2.45) is 5.73 Å². The third-order valence-corrected chi connectivity index (χ3v) is 6.89. The van der Waals surface area contributed by atoms with Crippen LogP contribution in [0.1, 0.15) is 71.2 Å². The molecule has 0 bridgehead atoms. The second kappa shape index (κ2) is 13.7. The summed E-state index contributed by atoms with van der Waals surface area (Å²) in [6.07, 6.45) is 3.58. The van der Waals surface area contributed by atoms with Crippen LogP contribution in [-0.2, 0) is 25.7 Å². The SMILES string of the molecule is NCc1cccc(NC(=O)CCCCCCNC(=O)COc2cccc3c2C(=O)N(C2CCC(=O)NC2=O)C3=O)c1. The van der Waals surface area contributed by atoms with Crippen molar-refractivity contribution >= 4 is 41.1 Å². The van der Waals surface area contributed by atoms with Crippen molar-refractivity contribution in [1.29, 1.82) is 0 Å². The van der Waals surface area contributed by atoms with Gasteiger partial charge in [-0.1, -0.05) is 31.0 Å². The number of rotatable bonds is 13. The van der Waals surface area contributed by atoms with Gasteiger partial charge in [0, 0.05) is 31.6 Å². The highest BCUT2D eigenvalue weighted by atomic mass is 16.5. The lowest BCUT2D eigenvalue weighted by Gasteiger charge is -2.27. The Morgan fingerprint density at radius 2 is 1.76 bits per heavy atom. The largest absolute Gasteiger partial charge is 0.483 e. The molecule has 0 aliphatic carbocycles. The zero-order chi connectivity index (χ0) is 29.4. The van der Waals surface area contributed by atoms with E-state index >= 15 is 0 Å². The number of benzene rings is 2. The monoisotopic (exact) mass is 563 g/mol. The molecule has 2 aliphatic rings. The summed E-state index contributed by atoms with van der Waals surface area (Å²) in [4.78, 5) is 75.0. The molecule has 12 heteroatoms. The first-order chi connectivity index (χ1) is 19.8. The predicted octanol–water partition coefficient (Wildman–Crippen LogP) is 1.63. The van der Waals surface area contributed by atoms with Gasteiger partial charge in [-0.15, -0.1) is 0 Å². The second-order valence-electron chi connectivity index (χ2n) is 9.88. The van der Waals surface area contributed by atoms with E-state index in [4.69, 9.17) is 10.5 Å². The quantitative estimate of drug-likeness (QED) is 0.210. The van der Waals surface area contributed by atoms with Gasteiger partial charge in [0.25, 0.3) is 17.7 Å². The fourth-order valence-corrected chi connectivity index (χ4v) is 4.79. The van der Waals surface area contributed by atoms with E-state index in [1.54, 1.807) is 0 Å². The number of imide groups is 2. The number of anilines is 1. The molecule has 2 aliphatic heterocycles. The van der Waals surface area contributed by atoms with E-state index in [1.165, 1.54) is 18.2 Å². The minimum atomic E-state index is -1.08. The molecule has 5 N–H and O–H groups in total. The molecule has 0 radical (unpaired) electrons. The summed E-state index contributed by atoms with van der Waals surface area (Å²) in [5.41, 5.74) is 7.37. The van der Waals surface area contributed by atoms with E-state index in [0.29, 0.717) is 19.5 Å². The first-order valence-corrected chi connectivity index (χ1v) is 13.6. The van der Waals surface area contributed by atoms with Gasteiger partial charge >= 0.3 is 0 Å². The molecule has 12 nitrogen and oxygen atoms in total. The molecular formula is C29H33N5O7. The molecule has 2 aromatic carbocycles. The van der Waals surface area contributed by atoms with E-state index in [-0.39, 0.29) is 48.1 Å². The highest BCUT2D eigenvalue weighted by Crippen LogP contribution is 2.33. The van der Waals surface area contributed by atoms with E-state index < -0.39 is 29.7 Å². The molecular weight excluding hydrogens is 530 g/mol. The molecule has 1 saturated heterocycles. The van der Waals surface area contributed by atoms with Gasteiger partial charge in [0.2, 0.25) is 17.7 Å². The summed E-state index contributed by atoms with van der Waals surface area (Å²) in [5, 5.41) is 7.77. The van der Waals surface area contributed by atoms with Crippen LogP contribution in [0.3, 0.4) is 0 Å². The smallest absolute Gasteiger partial charge is 0.266 e. The first-order valence-electron chi connectivity index (χ1n) is 13.6. The number of unbranched alkanes of at least 4 members (excludes halogenated alkanes) is 3. The normalized spacial score (nSPS) is 16.3. The maximum Gasteiger partial charge on any atom is 0.266 e. The molecule has 41 heavy (non-hydrogen) atoms. The Bertz CT molecular complexity index is 1360. The van der Waals surface area contributed by atoms with Crippen LogP contribution in [0.5, 0.6) is 5.75 Å². The maximum absolute atomic E-state index is 13.1. The van der Waals surface area contributed by atoms with Crippen LogP contribution < -0.4 is 26.4 Å². The predicted molar refractivity (Wildman–Crippen MR) is 148 cm³/mol. The number of hydrogen-bond acceptors (Lipinski definition) is 8. The average molecular weight is 564 g/mol. The Labute approximate surface area is 237 Å². The van der Waals surface area contributed by atoms with Gasteiger partial charge < -0.3 is 21.1 Å². The molecule has 4 rings (SSSR count). The van der Waals surface area contributed by atoms with Gasteiger partial charge in [-0.05, 0) is 49.1 Å². The highest BCUT2D eigenvalue weighted by Gasteiger charge is 2.46. The van der Waals surface area contributed by atoms with Crippen molar-refractivity contribution in [3.05, 3.63) is 59.2 Å². The third kappa shape index (κ3) is 7.34. The molecule has 1 atom stereocenters. The number of nitrogens with one attached hydrogen (secondary N) is 3. The van der Waals surface area contributed by atoms with Crippen molar-refractivity contribution in [3.63, 3.8) is 0 Å². The van der Waals surface area contributed by atoms with Gasteiger partial charge in [0.05, 0.1) is 11.1 Å². The Morgan fingerprint density at radius 1 is 0.976 bits per heavy atom. The summed E-state index contributed by atoms with van der Waals surface area (Å²) >= 11 is 0. The summed E-state index contributed by atoms with van der Waals surface area (Å²) in [6.45, 7) is 0.474. The number of fused-ring (bicyclic) bond motifs is 1. The molecule has 0 aromatic heterocycles. The van der Waals surface area contributed by atoms with Gasteiger partial charge in [0.1, 0.15) is 11.8 Å². The molecule has 216 valence electrons. The first kappa shape index (κ1) is 29.4. The Morgan fingerprint density at radius 3 is 2.54 bits per heavy atom. The van der Waals surface area contributed by atoms with Crippen LogP contribution in [0.4, 0.5) is 5.69 Å². The number of nitrogens with two attached hydrogens (primary N) is 1. The summed E-state index contributed by atoms with van der Waals surface area (Å²) in [7, 11) is 0. The lowest BCUT2D eigenvalue weighted by molar-refractivity contribution is -0.136. The second-order valence-corrected chi connectivity index (χ2v) is 9.88. The summed E-state index contributed by atoms with van der Waals surface area (Å²) < 4.78 is 5.58. The van der Waals surface area contributed by atoms with Crippen molar-refractivity contribution in [3.8, 4) is 5.75 Å². The minimum Gasteiger partial charge on any atom is -0.483 e. The van der Waals surface area contributed by atoms with Gasteiger partial charge in [-0.25, -0.2) is 0 Å². The Hall–Kier alpha value is -4.58. The topological polar surface area (TPSA) is 177 Å². The van der Waals surface area contributed by atoms with Crippen molar-refractivity contribution in [1.82, 2.24) is 15.5 Å². The zero-order valence-electron chi connectivity index (χ0n) is 22.6. The highest BCUT2D eigenvalue weighted by molar-refractivity contribution is 6.24. The molecule has 1 unspecified atom stereocenters. The zero-order valence-corrected chi connectivity index (χ0v) is 22.6. The fourth-order valence-electron chi connectivity index (χ4n) is 4.79. The van der Waals surface area contributed by atoms with Crippen LogP contribution in [0, 0.1) is 0 Å². The van der Waals surface area contributed by atoms with E-state index in [2.05, 4.69) is 16.0 Å². The van der Waals surface area contributed by atoms with Crippen LogP contribution >= 0.6 is 0 Å². The van der Waals surface area contributed by atoms with Crippen LogP contribution in [-0.4, -0.2) is 59.5 Å². The number of hydrogen-bond donors (Lipinski definition) is 4. The van der Waals surface area contributed by atoms with Crippen LogP contribution in [0.2, 0.25) is 0 Å². The lowest BCUT2D eigenvalue weighted by atomic mass is 10.0. The third-order valence-electron chi connectivity index (χ3n) is 6.89. The van der Waals surface area contributed by atoms with Crippen molar-refractivity contribution in [2.75, 3.05) is 18.5 Å². The fraction of sp³-hybridized carbons (Fsp3) is 0.379. The lowest BCUT2D eigenvalue weighted by Crippen LogP contribution is -2.54. The maximum atomic E-state index is 13.1. The molecule has 0 saturated carbocycles.